The molecule has 3 unspecified atom stereocenters. The topological polar surface area (TPSA) is 174 Å². The molecule has 52 heavy (non-hydrogen) atoms. The second kappa shape index (κ2) is 14.4. The van der Waals surface area contributed by atoms with Crippen LogP contribution in [-0.2, 0) is 35.7 Å². The number of likely N-dealkylation sites (tertiary alicyclic amines) is 1. The molecule has 1 aromatic rings. The number of amides is 5. The van der Waals surface area contributed by atoms with Gasteiger partial charge in [-0.15, -0.1) is 0 Å². The first-order chi connectivity index (χ1) is 24.9. The van der Waals surface area contributed by atoms with Crippen LogP contribution in [0.5, 0.6) is 0 Å². The maximum Gasteiger partial charge on any atom is 0.408 e. The molecule has 4 aliphatic heterocycles. The number of nitrogens with zero attached hydrogens (tertiary/aromatic N) is 3. The standard InChI is InChI=1S/C37H48FN5O8S/c38-29-13-9-12-27-28(29)22-43(36(48)49)32(27)24-18-30-33(45)39-37(35(47)40-52(50,51)26-14-15-26)20-25(37)11-6-3-1-2-5-10-23(34(46)42(30)21-24)19-31(44)41-16-7-4-8-17-41/h6,9,11-13,23-26,30,32H,1-5,7-8,10,14-22H2,(H,39,45)(H,40,47)(H,48,49)/t23-,24-,25?,30+,32?,37?/m1/s1. The Labute approximate surface area is 303 Å². The molecule has 2 saturated carbocycles. The van der Waals surface area contributed by atoms with Crippen molar-refractivity contribution in [1.29, 1.82) is 0 Å². The van der Waals surface area contributed by atoms with E-state index in [2.05, 4.69) is 10.0 Å². The van der Waals surface area contributed by atoms with Crippen LogP contribution in [0.2, 0.25) is 0 Å². The van der Waals surface area contributed by atoms with Crippen molar-refractivity contribution in [3.05, 3.63) is 47.3 Å². The SMILES string of the molecule is O=C1NC2(C(=O)NS(=O)(=O)C3CC3)CC2C=CCCCCC[C@H](CC(=O)N2CCCCC2)C(=O)N2C[C@H](C3c4cccc(F)c4CN3C(=O)O)C[C@@H]12. The van der Waals surface area contributed by atoms with Crippen LogP contribution in [0.1, 0.15) is 101 Å². The van der Waals surface area contributed by atoms with Crippen molar-refractivity contribution in [2.45, 2.75) is 113 Å². The van der Waals surface area contributed by atoms with Crippen molar-refractivity contribution in [3.8, 4) is 0 Å². The van der Waals surface area contributed by atoms with Crippen LogP contribution in [-0.4, -0.2) is 94.4 Å². The largest absolute Gasteiger partial charge is 0.465 e. The van der Waals surface area contributed by atoms with Crippen LogP contribution in [0, 0.1) is 23.6 Å². The van der Waals surface area contributed by atoms with Crippen molar-refractivity contribution in [3.63, 3.8) is 0 Å². The summed E-state index contributed by atoms with van der Waals surface area (Å²) in [4.78, 5) is 73.3. The third-order valence-corrected chi connectivity index (χ3v) is 13.8. The van der Waals surface area contributed by atoms with E-state index < -0.39 is 74.4 Å². The molecule has 5 amide bonds. The summed E-state index contributed by atoms with van der Waals surface area (Å²) in [6.45, 7) is 1.07. The van der Waals surface area contributed by atoms with Gasteiger partial charge in [0, 0.05) is 49.4 Å². The Morgan fingerprint density at radius 1 is 1.02 bits per heavy atom. The summed E-state index contributed by atoms with van der Waals surface area (Å²) in [7, 11) is -3.92. The number of fused-ring (bicyclic) bond motifs is 3. The Morgan fingerprint density at radius 2 is 1.77 bits per heavy atom. The third kappa shape index (κ3) is 7.16. The number of hydrogen-bond acceptors (Lipinski definition) is 7. The molecule has 282 valence electrons. The van der Waals surface area contributed by atoms with Gasteiger partial charge in [0.1, 0.15) is 17.4 Å². The minimum atomic E-state index is -3.92. The minimum Gasteiger partial charge on any atom is -0.465 e. The van der Waals surface area contributed by atoms with Gasteiger partial charge in [-0.1, -0.05) is 37.1 Å². The van der Waals surface area contributed by atoms with Gasteiger partial charge in [-0.05, 0) is 75.8 Å². The number of halogens is 1. The second-order valence-corrected chi connectivity index (χ2v) is 17.5. The average molecular weight is 742 g/mol. The van der Waals surface area contributed by atoms with Gasteiger partial charge >= 0.3 is 6.09 Å². The number of nitrogens with one attached hydrogen (secondary N) is 2. The lowest BCUT2D eigenvalue weighted by molar-refractivity contribution is -0.145. The number of allylic oxidation sites excluding steroid dienone is 1. The number of hydrogen-bond donors (Lipinski definition) is 3. The molecule has 6 atom stereocenters. The minimum absolute atomic E-state index is 0.0135. The first-order valence-corrected chi connectivity index (χ1v) is 20.3. The monoisotopic (exact) mass is 741 g/mol. The van der Waals surface area contributed by atoms with Crippen molar-refractivity contribution in [2.24, 2.45) is 17.8 Å². The maximum absolute atomic E-state index is 15.0. The molecule has 4 heterocycles. The van der Waals surface area contributed by atoms with E-state index in [4.69, 9.17) is 0 Å². The van der Waals surface area contributed by atoms with Gasteiger partial charge in [-0.2, -0.15) is 0 Å². The average Bonchev–Trinajstić information content (AvgIpc) is 4.01. The Balaban J connectivity index is 1.22. The normalized spacial score (nSPS) is 31.1. The highest BCUT2D eigenvalue weighted by molar-refractivity contribution is 7.91. The molecule has 6 aliphatic rings. The molecular weight excluding hydrogens is 693 g/mol. The molecule has 4 fully saturated rings. The highest BCUT2D eigenvalue weighted by Gasteiger charge is 2.62. The van der Waals surface area contributed by atoms with Gasteiger partial charge in [0.25, 0.3) is 5.91 Å². The predicted molar refractivity (Wildman–Crippen MR) is 186 cm³/mol. The molecule has 0 aromatic heterocycles. The van der Waals surface area contributed by atoms with Crippen molar-refractivity contribution in [1.82, 2.24) is 24.7 Å². The van der Waals surface area contributed by atoms with Crippen LogP contribution < -0.4 is 10.0 Å². The Kier molecular flexibility index (Phi) is 10.1. The third-order valence-electron chi connectivity index (χ3n) is 12.0. The zero-order chi connectivity index (χ0) is 36.8. The zero-order valence-corrected chi connectivity index (χ0v) is 30.1. The van der Waals surface area contributed by atoms with Crippen LogP contribution in [0.3, 0.4) is 0 Å². The Hall–Kier alpha value is -4.01. The molecule has 13 nitrogen and oxygen atoms in total. The highest BCUT2D eigenvalue weighted by Crippen LogP contribution is 2.48. The molecule has 15 heteroatoms. The van der Waals surface area contributed by atoms with Gasteiger partial charge in [-0.25, -0.2) is 17.6 Å². The fraction of sp³-hybridized carbons (Fsp3) is 0.649. The van der Waals surface area contributed by atoms with Gasteiger partial charge < -0.3 is 20.2 Å². The first-order valence-electron chi connectivity index (χ1n) is 18.8. The molecule has 0 spiro atoms. The number of benzene rings is 1. The lowest BCUT2D eigenvalue weighted by atomic mass is 9.90. The summed E-state index contributed by atoms with van der Waals surface area (Å²) < 4.78 is 42.8. The molecule has 3 N–H and O–H groups in total. The summed E-state index contributed by atoms with van der Waals surface area (Å²) in [5.41, 5.74) is -0.809. The summed E-state index contributed by atoms with van der Waals surface area (Å²) in [6, 6.07) is 2.48. The Bertz CT molecular complexity index is 1760. The maximum atomic E-state index is 15.0. The fourth-order valence-corrected chi connectivity index (χ4v) is 10.2. The second-order valence-electron chi connectivity index (χ2n) is 15.5. The van der Waals surface area contributed by atoms with E-state index in [1.165, 1.54) is 17.0 Å². The lowest BCUT2D eigenvalue weighted by Crippen LogP contribution is -2.57. The number of carbonyl (C=O) groups excluding carboxylic acids is 4. The molecule has 7 rings (SSSR count). The molecule has 2 saturated heterocycles. The van der Waals surface area contributed by atoms with Crippen LogP contribution >= 0.6 is 0 Å². The molecular formula is C37H48FN5O8S. The Morgan fingerprint density at radius 3 is 2.50 bits per heavy atom. The smallest absolute Gasteiger partial charge is 0.408 e. The van der Waals surface area contributed by atoms with Crippen LogP contribution in [0.4, 0.5) is 9.18 Å². The summed E-state index contributed by atoms with van der Waals surface area (Å²) in [5.74, 6) is -4.29. The lowest BCUT2D eigenvalue weighted by Gasteiger charge is -2.32. The number of carbonyl (C=O) groups is 5. The van der Waals surface area contributed by atoms with Crippen molar-refractivity contribution >= 4 is 39.7 Å². The van der Waals surface area contributed by atoms with E-state index in [9.17, 15) is 41.9 Å². The highest BCUT2D eigenvalue weighted by atomic mass is 32.2. The number of rotatable bonds is 6. The number of sulfonamides is 1. The van der Waals surface area contributed by atoms with Gasteiger partial charge in [0.15, 0.2) is 0 Å². The van der Waals surface area contributed by atoms with E-state index in [1.807, 2.05) is 12.2 Å². The summed E-state index contributed by atoms with van der Waals surface area (Å²) >= 11 is 0. The molecule has 1 aromatic carbocycles. The van der Waals surface area contributed by atoms with Gasteiger partial charge in [0.05, 0.1) is 17.8 Å². The zero-order valence-electron chi connectivity index (χ0n) is 29.3. The quantitative estimate of drug-likeness (QED) is 0.371. The van der Waals surface area contributed by atoms with E-state index in [0.29, 0.717) is 50.8 Å². The van der Waals surface area contributed by atoms with Gasteiger partial charge in [-0.3, -0.25) is 28.8 Å². The van der Waals surface area contributed by atoms with E-state index >= 15 is 0 Å². The fourth-order valence-electron chi connectivity index (χ4n) is 8.83. The van der Waals surface area contributed by atoms with Gasteiger partial charge in [0.2, 0.25) is 27.7 Å². The predicted octanol–water partition coefficient (Wildman–Crippen LogP) is 3.60. The van der Waals surface area contributed by atoms with Crippen LogP contribution in [0.15, 0.2) is 30.4 Å². The van der Waals surface area contributed by atoms with E-state index in [0.717, 1.165) is 37.0 Å². The first kappa shape index (κ1) is 36.4. The number of carboxylic acid groups (broad SMARTS) is 1. The number of piperidine rings is 1. The molecule has 0 bridgehead atoms. The van der Waals surface area contributed by atoms with E-state index in [-0.39, 0.29) is 49.7 Å². The summed E-state index contributed by atoms with van der Waals surface area (Å²) in [5, 5.41) is 12.4. The van der Waals surface area contributed by atoms with Crippen molar-refractivity contribution in [2.75, 3.05) is 19.6 Å². The molecule has 0 radical (unpaired) electrons. The van der Waals surface area contributed by atoms with E-state index in [1.54, 1.807) is 11.0 Å². The van der Waals surface area contributed by atoms with Crippen molar-refractivity contribution < 1.29 is 41.9 Å². The summed E-state index contributed by atoms with van der Waals surface area (Å²) in [6.07, 6.45) is 9.89. The molecule has 2 aliphatic carbocycles. The van der Waals surface area contributed by atoms with Crippen LogP contribution in [0.25, 0.3) is 0 Å².